The molecule has 0 heterocycles. The molecule has 2 heteroatoms. The van der Waals surface area contributed by atoms with E-state index in [4.69, 9.17) is 0 Å². The van der Waals surface area contributed by atoms with Crippen LogP contribution < -0.4 is 0 Å². The lowest BCUT2D eigenvalue weighted by molar-refractivity contribution is -0.00318. The summed E-state index contributed by atoms with van der Waals surface area (Å²) in [6.07, 6.45) is 5.01. The van der Waals surface area contributed by atoms with Crippen LogP contribution in [0.5, 0.6) is 0 Å². The Bertz CT molecular complexity index is 418. The summed E-state index contributed by atoms with van der Waals surface area (Å²) in [4.78, 5) is 2.10. The monoisotopic (exact) mass is 247 g/mol. The third-order valence-electron chi connectivity index (χ3n) is 3.87. The minimum absolute atomic E-state index is 0.0460. The second kappa shape index (κ2) is 5.02. The van der Waals surface area contributed by atoms with E-state index in [1.54, 1.807) is 0 Å². The minimum Gasteiger partial charge on any atom is -0.388 e. The molecule has 0 radical (unpaired) electrons. The van der Waals surface area contributed by atoms with Gasteiger partial charge in [0.15, 0.2) is 0 Å². The summed E-state index contributed by atoms with van der Waals surface area (Å²) in [6, 6.07) is 6.79. The molecule has 100 valence electrons. The number of fused-ring (bicyclic) bond motifs is 1. The highest BCUT2D eigenvalue weighted by Gasteiger charge is 2.30. The molecule has 0 spiro atoms. The van der Waals surface area contributed by atoms with Gasteiger partial charge in [0.05, 0.1) is 11.6 Å². The van der Waals surface area contributed by atoms with Crippen LogP contribution in [0.1, 0.15) is 49.4 Å². The summed E-state index contributed by atoms with van der Waals surface area (Å²) in [5, 5.41) is 10.4. The fraction of sp³-hybridized carbons (Fsp3) is 0.625. The lowest BCUT2D eigenvalue weighted by atomic mass is 9.85. The number of likely N-dealkylation sites (N-methyl/N-ethyl adjacent to an activating group) is 1. The van der Waals surface area contributed by atoms with Crippen LogP contribution in [-0.2, 0) is 12.8 Å². The first kappa shape index (κ1) is 13.6. The zero-order valence-electron chi connectivity index (χ0n) is 12.0. The Morgan fingerprint density at radius 3 is 2.28 bits per heavy atom. The van der Waals surface area contributed by atoms with Gasteiger partial charge in [0.1, 0.15) is 0 Å². The van der Waals surface area contributed by atoms with E-state index in [0.29, 0.717) is 0 Å². The summed E-state index contributed by atoms with van der Waals surface area (Å²) in [5.74, 6) is 0. The number of aryl methyl sites for hydroxylation is 2. The minimum atomic E-state index is -0.730. The molecule has 1 aromatic carbocycles. The maximum absolute atomic E-state index is 10.4. The van der Waals surface area contributed by atoms with Crippen molar-refractivity contribution in [1.82, 2.24) is 4.90 Å². The molecule has 0 aromatic heterocycles. The molecule has 1 aromatic rings. The fourth-order valence-electron chi connectivity index (χ4n) is 3.26. The normalized spacial score (nSPS) is 17.7. The average Bonchev–Trinajstić information content (AvgIpc) is 2.26. The largest absolute Gasteiger partial charge is 0.388 e. The maximum Gasteiger partial charge on any atom is 0.0787 e. The van der Waals surface area contributed by atoms with E-state index in [9.17, 15) is 5.11 Å². The fourth-order valence-corrected chi connectivity index (χ4v) is 3.26. The van der Waals surface area contributed by atoms with Crippen LogP contribution in [-0.4, -0.2) is 29.7 Å². The number of hydrogen-bond donors (Lipinski definition) is 1. The Hall–Kier alpha value is -0.860. The van der Waals surface area contributed by atoms with Gasteiger partial charge >= 0.3 is 0 Å². The first-order valence-electron chi connectivity index (χ1n) is 6.90. The SMILES string of the molecule is CN(C)C(c1ccc2c(c1)CCCC2)C(C)(C)O. The van der Waals surface area contributed by atoms with E-state index in [-0.39, 0.29) is 6.04 Å². The predicted molar refractivity (Wildman–Crippen MR) is 75.8 cm³/mol. The Morgan fingerprint density at radius 1 is 1.11 bits per heavy atom. The van der Waals surface area contributed by atoms with E-state index in [1.807, 2.05) is 27.9 Å². The van der Waals surface area contributed by atoms with Crippen LogP contribution in [0, 0.1) is 0 Å². The molecular weight excluding hydrogens is 222 g/mol. The zero-order chi connectivity index (χ0) is 13.3. The van der Waals surface area contributed by atoms with Gasteiger partial charge in [-0.15, -0.1) is 0 Å². The Balaban J connectivity index is 2.37. The number of nitrogens with zero attached hydrogens (tertiary/aromatic N) is 1. The van der Waals surface area contributed by atoms with Crippen molar-refractivity contribution in [2.24, 2.45) is 0 Å². The van der Waals surface area contributed by atoms with E-state index >= 15 is 0 Å². The van der Waals surface area contributed by atoms with Gasteiger partial charge in [-0.05, 0) is 70.3 Å². The van der Waals surface area contributed by atoms with Gasteiger partial charge < -0.3 is 5.11 Å². The van der Waals surface area contributed by atoms with Gasteiger partial charge in [-0.3, -0.25) is 4.90 Å². The van der Waals surface area contributed by atoms with Crippen molar-refractivity contribution in [3.8, 4) is 0 Å². The third-order valence-corrected chi connectivity index (χ3v) is 3.87. The van der Waals surface area contributed by atoms with Gasteiger partial charge in [0.25, 0.3) is 0 Å². The average molecular weight is 247 g/mol. The van der Waals surface area contributed by atoms with E-state index in [0.717, 1.165) is 0 Å². The Kier molecular flexibility index (Phi) is 3.79. The van der Waals surface area contributed by atoms with Crippen molar-refractivity contribution < 1.29 is 5.11 Å². The van der Waals surface area contributed by atoms with Crippen LogP contribution in [0.15, 0.2) is 18.2 Å². The Labute approximate surface area is 111 Å². The number of aliphatic hydroxyl groups is 1. The molecule has 0 saturated carbocycles. The summed E-state index contributed by atoms with van der Waals surface area (Å²) < 4.78 is 0. The summed E-state index contributed by atoms with van der Waals surface area (Å²) in [7, 11) is 4.06. The molecular formula is C16H25NO. The lowest BCUT2D eigenvalue weighted by Gasteiger charge is -2.35. The smallest absolute Gasteiger partial charge is 0.0787 e. The third kappa shape index (κ3) is 2.76. The number of rotatable bonds is 3. The van der Waals surface area contributed by atoms with Crippen molar-refractivity contribution in [3.05, 3.63) is 34.9 Å². The number of hydrogen-bond acceptors (Lipinski definition) is 2. The van der Waals surface area contributed by atoms with Crippen LogP contribution in [0.3, 0.4) is 0 Å². The molecule has 2 nitrogen and oxygen atoms in total. The molecule has 2 rings (SSSR count). The van der Waals surface area contributed by atoms with Crippen molar-refractivity contribution in [2.75, 3.05) is 14.1 Å². The molecule has 0 aliphatic heterocycles. The van der Waals surface area contributed by atoms with Gasteiger partial charge in [-0.1, -0.05) is 18.2 Å². The summed E-state index contributed by atoms with van der Waals surface area (Å²) in [6.45, 7) is 3.77. The quantitative estimate of drug-likeness (QED) is 0.887. The molecule has 18 heavy (non-hydrogen) atoms. The molecule has 1 aliphatic carbocycles. The number of benzene rings is 1. The van der Waals surface area contributed by atoms with Crippen molar-refractivity contribution in [3.63, 3.8) is 0 Å². The molecule has 1 N–H and O–H groups in total. The molecule has 0 amide bonds. The predicted octanol–water partition coefficient (Wildman–Crippen LogP) is 2.94. The first-order chi connectivity index (χ1) is 8.39. The Morgan fingerprint density at radius 2 is 1.72 bits per heavy atom. The van der Waals surface area contributed by atoms with Crippen LogP contribution >= 0.6 is 0 Å². The van der Waals surface area contributed by atoms with Crippen molar-refractivity contribution in [2.45, 2.75) is 51.2 Å². The van der Waals surface area contributed by atoms with Gasteiger partial charge in [0.2, 0.25) is 0 Å². The van der Waals surface area contributed by atoms with E-state index in [2.05, 4.69) is 23.1 Å². The molecule has 0 fully saturated rings. The summed E-state index contributed by atoms with van der Waals surface area (Å²) in [5.41, 5.74) is 3.48. The topological polar surface area (TPSA) is 23.5 Å². The van der Waals surface area contributed by atoms with E-state index in [1.165, 1.54) is 42.4 Å². The highest BCUT2D eigenvalue weighted by Crippen LogP contribution is 2.32. The molecule has 1 aliphatic rings. The second-order valence-corrected chi connectivity index (χ2v) is 6.26. The second-order valence-electron chi connectivity index (χ2n) is 6.26. The van der Waals surface area contributed by atoms with Crippen LogP contribution in [0.25, 0.3) is 0 Å². The molecule has 1 atom stereocenters. The molecule has 0 saturated heterocycles. The molecule has 1 unspecified atom stereocenters. The van der Waals surface area contributed by atoms with Crippen LogP contribution in [0.2, 0.25) is 0 Å². The summed E-state index contributed by atoms with van der Waals surface area (Å²) >= 11 is 0. The van der Waals surface area contributed by atoms with Crippen LogP contribution in [0.4, 0.5) is 0 Å². The molecule has 0 bridgehead atoms. The maximum atomic E-state index is 10.4. The van der Waals surface area contributed by atoms with Gasteiger partial charge in [-0.25, -0.2) is 0 Å². The highest BCUT2D eigenvalue weighted by molar-refractivity contribution is 5.36. The van der Waals surface area contributed by atoms with Crippen molar-refractivity contribution in [1.29, 1.82) is 0 Å². The van der Waals surface area contributed by atoms with Gasteiger partial charge in [-0.2, -0.15) is 0 Å². The van der Waals surface area contributed by atoms with Crippen molar-refractivity contribution >= 4 is 0 Å². The lowest BCUT2D eigenvalue weighted by Crippen LogP contribution is -2.38. The van der Waals surface area contributed by atoms with Gasteiger partial charge in [0, 0.05) is 0 Å². The zero-order valence-corrected chi connectivity index (χ0v) is 12.0. The standard InChI is InChI=1S/C16H25NO/c1-16(2,18)15(17(3)4)14-10-9-12-7-5-6-8-13(12)11-14/h9-11,15,18H,5-8H2,1-4H3. The van der Waals surface area contributed by atoms with E-state index < -0.39 is 5.60 Å². The highest BCUT2D eigenvalue weighted by atomic mass is 16.3. The first-order valence-corrected chi connectivity index (χ1v) is 6.90.